The second-order valence-electron chi connectivity index (χ2n) is 4.34. The number of aryl methyl sites for hydroxylation is 1. The van der Waals surface area contributed by atoms with Crippen LogP contribution in [0.3, 0.4) is 0 Å². The molecule has 4 heteroatoms. The quantitative estimate of drug-likeness (QED) is 0.684. The summed E-state index contributed by atoms with van der Waals surface area (Å²) >= 11 is 1.60. The molecule has 0 radical (unpaired) electrons. The zero-order valence-corrected chi connectivity index (χ0v) is 12.4. The molecule has 2 rings (SSSR count). The highest BCUT2D eigenvalue weighted by Gasteiger charge is 2.10. The highest BCUT2D eigenvalue weighted by atomic mass is 32.2. The molecule has 0 heterocycles. The first-order chi connectivity index (χ1) is 9.61. The van der Waals surface area contributed by atoms with E-state index in [-0.39, 0.29) is 5.97 Å². The van der Waals surface area contributed by atoms with Gasteiger partial charge in [-0.1, -0.05) is 30.0 Å². The maximum atomic E-state index is 11.6. The Morgan fingerprint density at radius 1 is 1.20 bits per heavy atom. The molecule has 0 atom stereocenters. The molecule has 0 aliphatic carbocycles. The first-order valence-corrected chi connectivity index (χ1v) is 7.23. The summed E-state index contributed by atoms with van der Waals surface area (Å²) in [7, 11) is 0. The molecule has 20 heavy (non-hydrogen) atoms. The van der Waals surface area contributed by atoms with E-state index in [0.717, 1.165) is 9.79 Å². The molecular formula is C16H17NO2S. The maximum Gasteiger partial charge on any atom is 0.338 e. The third kappa shape index (κ3) is 3.33. The van der Waals surface area contributed by atoms with Crippen LogP contribution in [0.5, 0.6) is 0 Å². The number of carbonyl (C=O) groups is 1. The Kier molecular flexibility index (Phi) is 4.69. The van der Waals surface area contributed by atoms with E-state index < -0.39 is 0 Å². The highest BCUT2D eigenvalue weighted by Crippen LogP contribution is 2.34. The van der Waals surface area contributed by atoms with Crippen LogP contribution in [0.15, 0.2) is 52.3 Å². The number of nitrogens with two attached hydrogens (primary N) is 1. The number of hydrogen-bond donors (Lipinski definition) is 1. The van der Waals surface area contributed by atoms with E-state index in [1.807, 2.05) is 18.2 Å². The van der Waals surface area contributed by atoms with Gasteiger partial charge in [0.05, 0.1) is 12.2 Å². The van der Waals surface area contributed by atoms with E-state index in [2.05, 4.69) is 19.1 Å². The Balaban J connectivity index is 2.22. The van der Waals surface area contributed by atoms with E-state index in [9.17, 15) is 4.79 Å². The van der Waals surface area contributed by atoms with Crippen LogP contribution >= 0.6 is 11.8 Å². The second kappa shape index (κ2) is 6.48. The predicted octanol–water partition coefficient (Wildman–Crippen LogP) is 3.91. The summed E-state index contributed by atoms with van der Waals surface area (Å²) in [4.78, 5) is 13.7. The van der Waals surface area contributed by atoms with Crippen LogP contribution in [-0.4, -0.2) is 12.6 Å². The van der Waals surface area contributed by atoms with Gasteiger partial charge in [-0.15, -0.1) is 0 Å². The molecule has 0 bridgehead atoms. The SMILES string of the molecule is CCOC(=O)c1ccc(Sc2ccccc2C)c(N)c1. The first kappa shape index (κ1) is 14.5. The summed E-state index contributed by atoms with van der Waals surface area (Å²) in [6, 6.07) is 13.4. The van der Waals surface area contributed by atoms with Crippen molar-refractivity contribution in [3.8, 4) is 0 Å². The normalized spacial score (nSPS) is 10.3. The molecule has 0 amide bonds. The summed E-state index contributed by atoms with van der Waals surface area (Å²) in [5.41, 5.74) is 8.30. The molecule has 2 aromatic rings. The van der Waals surface area contributed by atoms with Gasteiger partial charge in [0.2, 0.25) is 0 Å². The van der Waals surface area contributed by atoms with E-state index in [1.54, 1.807) is 30.8 Å². The molecule has 0 saturated carbocycles. The molecule has 3 nitrogen and oxygen atoms in total. The maximum absolute atomic E-state index is 11.6. The van der Waals surface area contributed by atoms with Gasteiger partial charge in [0.15, 0.2) is 0 Å². The van der Waals surface area contributed by atoms with E-state index in [1.165, 1.54) is 5.56 Å². The van der Waals surface area contributed by atoms with Gasteiger partial charge < -0.3 is 10.5 Å². The van der Waals surface area contributed by atoms with Crippen LogP contribution in [0.4, 0.5) is 5.69 Å². The van der Waals surface area contributed by atoms with E-state index >= 15 is 0 Å². The number of ether oxygens (including phenoxy) is 1. The van der Waals surface area contributed by atoms with Crippen molar-refractivity contribution in [2.75, 3.05) is 12.3 Å². The van der Waals surface area contributed by atoms with Gasteiger partial charge in [0.1, 0.15) is 0 Å². The average molecular weight is 287 g/mol. The predicted molar refractivity (Wildman–Crippen MR) is 82.1 cm³/mol. The van der Waals surface area contributed by atoms with Crippen LogP contribution in [0.1, 0.15) is 22.8 Å². The van der Waals surface area contributed by atoms with Crippen LogP contribution in [0.25, 0.3) is 0 Å². The van der Waals surface area contributed by atoms with Crippen molar-refractivity contribution in [1.29, 1.82) is 0 Å². The molecule has 0 aliphatic rings. The fraction of sp³-hybridized carbons (Fsp3) is 0.188. The minimum atomic E-state index is -0.341. The summed E-state index contributed by atoms with van der Waals surface area (Å²) in [6.45, 7) is 4.20. The standard InChI is InChI=1S/C16H17NO2S/c1-3-19-16(18)12-8-9-15(13(17)10-12)20-14-7-5-4-6-11(14)2/h4-10H,3,17H2,1-2H3. The number of anilines is 1. The molecule has 0 fully saturated rings. The first-order valence-electron chi connectivity index (χ1n) is 6.42. The van der Waals surface area contributed by atoms with Gasteiger partial charge in [-0.05, 0) is 43.7 Å². The zero-order chi connectivity index (χ0) is 14.5. The molecule has 0 spiro atoms. The number of nitrogen functional groups attached to an aromatic ring is 1. The van der Waals surface area contributed by atoms with Crippen LogP contribution in [-0.2, 0) is 4.74 Å². The Morgan fingerprint density at radius 2 is 1.95 bits per heavy atom. The van der Waals surface area contributed by atoms with Crippen LogP contribution < -0.4 is 5.73 Å². The fourth-order valence-corrected chi connectivity index (χ4v) is 2.70. The Bertz CT molecular complexity index is 626. The Morgan fingerprint density at radius 3 is 2.60 bits per heavy atom. The lowest BCUT2D eigenvalue weighted by Gasteiger charge is -2.09. The van der Waals surface area contributed by atoms with E-state index in [0.29, 0.717) is 17.9 Å². The number of benzene rings is 2. The number of rotatable bonds is 4. The summed E-state index contributed by atoms with van der Waals surface area (Å²) in [6.07, 6.45) is 0. The van der Waals surface area contributed by atoms with Crippen molar-refractivity contribution >= 4 is 23.4 Å². The lowest BCUT2D eigenvalue weighted by atomic mass is 10.2. The van der Waals surface area contributed by atoms with Crippen molar-refractivity contribution in [2.24, 2.45) is 0 Å². The molecule has 2 aromatic carbocycles. The lowest BCUT2D eigenvalue weighted by Crippen LogP contribution is -2.05. The van der Waals surface area contributed by atoms with Gasteiger partial charge in [0.25, 0.3) is 0 Å². The molecule has 0 unspecified atom stereocenters. The third-order valence-electron chi connectivity index (χ3n) is 2.83. The minimum Gasteiger partial charge on any atom is -0.462 e. The van der Waals surface area contributed by atoms with Gasteiger partial charge >= 0.3 is 5.97 Å². The molecule has 0 aliphatic heterocycles. The average Bonchev–Trinajstić information content (AvgIpc) is 2.43. The van der Waals surface area contributed by atoms with Crippen molar-refractivity contribution in [2.45, 2.75) is 23.6 Å². The van der Waals surface area contributed by atoms with Gasteiger partial charge in [-0.2, -0.15) is 0 Å². The van der Waals surface area contributed by atoms with Gasteiger partial charge in [0, 0.05) is 15.5 Å². The summed E-state index contributed by atoms with van der Waals surface area (Å²) in [5.74, 6) is -0.341. The minimum absolute atomic E-state index is 0.341. The highest BCUT2D eigenvalue weighted by molar-refractivity contribution is 7.99. The molecule has 0 aromatic heterocycles. The molecule has 104 valence electrons. The lowest BCUT2D eigenvalue weighted by molar-refractivity contribution is 0.0526. The summed E-state index contributed by atoms with van der Waals surface area (Å²) < 4.78 is 4.96. The van der Waals surface area contributed by atoms with E-state index in [4.69, 9.17) is 10.5 Å². The van der Waals surface area contributed by atoms with Crippen LogP contribution in [0.2, 0.25) is 0 Å². The zero-order valence-electron chi connectivity index (χ0n) is 11.6. The topological polar surface area (TPSA) is 52.3 Å². The number of esters is 1. The number of hydrogen-bond acceptors (Lipinski definition) is 4. The Hall–Kier alpha value is -1.94. The monoisotopic (exact) mass is 287 g/mol. The van der Waals surface area contributed by atoms with Crippen molar-refractivity contribution < 1.29 is 9.53 Å². The smallest absolute Gasteiger partial charge is 0.338 e. The van der Waals surface area contributed by atoms with Crippen LogP contribution in [0, 0.1) is 6.92 Å². The van der Waals surface area contributed by atoms with Gasteiger partial charge in [-0.3, -0.25) is 0 Å². The largest absolute Gasteiger partial charge is 0.462 e. The number of carbonyl (C=O) groups excluding carboxylic acids is 1. The fourth-order valence-electron chi connectivity index (χ4n) is 1.77. The molecule has 2 N–H and O–H groups in total. The second-order valence-corrected chi connectivity index (χ2v) is 5.42. The summed E-state index contributed by atoms with van der Waals surface area (Å²) in [5, 5.41) is 0. The van der Waals surface area contributed by atoms with Gasteiger partial charge in [-0.25, -0.2) is 4.79 Å². The third-order valence-corrected chi connectivity index (χ3v) is 4.10. The van der Waals surface area contributed by atoms with Crippen molar-refractivity contribution in [3.63, 3.8) is 0 Å². The van der Waals surface area contributed by atoms with Crippen molar-refractivity contribution in [1.82, 2.24) is 0 Å². The Labute approximate surface area is 123 Å². The molecular weight excluding hydrogens is 270 g/mol. The molecule has 0 saturated heterocycles. The van der Waals surface area contributed by atoms with Crippen molar-refractivity contribution in [3.05, 3.63) is 53.6 Å².